The second kappa shape index (κ2) is 7.38. The first-order valence-corrected chi connectivity index (χ1v) is 6.53. The molecule has 5 heteroatoms. The zero-order valence-electron chi connectivity index (χ0n) is 10.6. The van der Waals surface area contributed by atoms with Gasteiger partial charge in [0.25, 0.3) is 0 Å². The molecule has 1 aromatic carbocycles. The molecule has 0 heterocycles. The first-order valence-electron chi connectivity index (χ1n) is 5.74. The van der Waals surface area contributed by atoms with Crippen molar-refractivity contribution in [2.24, 2.45) is 5.73 Å². The third kappa shape index (κ3) is 4.31. The summed E-state index contributed by atoms with van der Waals surface area (Å²) in [7, 11) is 2.98. The van der Waals surface area contributed by atoms with Gasteiger partial charge in [0, 0.05) is 0 Å². The van der Waals surface area contributed by atoms with Gasteiger partial charge in [-0.25, -0.2) is 0 Å². The first-order chi connectivity index (χ1) is 8.58. The zero-order chi connectivity index (χ0) is 13.5. The molecule has 1 aromatic rings. The first kappa shape index (κ1) is 15.0. The average molecular weight is 316 g/mol. The van der Waals surface area contributed by atoms with E-state index in [1.807, 2.05) is 18.2 Å². The van der Waals surface area contributed by atoms with Gasteiger partial charge in [0.2, 0.25) is 0 Å². The van der Waals surface area contributed by atoms with Gasteiger partial charge in [0.05, 0.1) is 18.7 Å². The van der Waals surface area contributed by atoms with Gasteiger partial charge in [-0.3, -0.25) is 4.79 Å². The molecule has 1 atom stereocenters. The number of esters is 1. The van der Waals surface area contributed by atoms with Crippen LogP contribution in [-0.2, 0) is 16.0 Å². The molecule has 18 heavy (non-hydrogen) atoms. The Morgan fingerprint density at radius 1 is 1.44 bits per heavy atom. The number of carbonyl (C=O) groups is 1. The third-order valence-corrected chi connectivity index (χ3v) is 3.32. The van der Waals surface area contributed by atoms with E-state index in [1.54, 1.807) is 7.11 Å². The van der Waals surface area contributed by atoms with Crippen molar-refractivity contribution < 1.29 is 14.3 Å². The van der Waals surface area contributed by atoms with Crippen molar-refractivity contribution in [3.05, 3.63) is 28.2 Å². The summed E-state index contributed by atoms with van der Waals surface area (Å²) < 4.78 is 10.7. The molecular formula is C13H18BrNO3. The van der Waals surface area contributed by atoms with E-state index in [4.69, 9.17) is 10.5 Å². The lowest BCUT2D eigenvalue weighted by Crippen LogP contribution is -2.31. The fourth-order valence-electron chi connectivity index (χ4n) is 1.66. The lowest BCUT2D eigenvalue weighted by Gasteiger charge is -2.09. The maximum atomic E-state index is 11.1. The van der Waals surface area contributed by atoms with Crippen molar-refractivity contribution in [2.45, 2.75) is 25.3 Å². The molecule has 0 saturated heterocycles. The lowest BCUT2D eigenvalue weighted by molar-refractivity contribution is -0.142. The summed E-state index contributed by atoms with van der Waals surface area (Å²) in [6.45, 7) is 0. The molecule has 0 aromatic heterocycles. The number of carbonyl (C=O) groups excluding carboxylic acids is 1. The molecule has 0 saturated carbocycles. The highest BCUT2D eigenvalue weighted by atomic mass is 79.9. The van der Waals surface area contributed by atoms with E-state index in [1.165, 1.54) is 12.7 Å². The summed E-state index contributed by atoms with van der Waals surface area (Å²) in [4.78, 5) is 11.1. The lowest BCUT2D eigenvalue weighted by atomic mass is 10.1. The van der Waals surface area contributed by atoms with E-state index in [2.05, 4.69) is 20.7 Å². The van der Waals surface area contributed by atoms with Crippen molar-refractivity contribution in [2.75, 3.05) is 14.2 Å². The van der Waals surface area contributed by atoms with Gasteiger partial charge in [-0.2, -0.15) is 0 Å². The molecule has 0 amide bonds. The molecule has 1 rings (SSSR count). The van der Waals surface area contributed by atoms with Gasteiger partial charge in [-0.05, 0) is 52.9 Å². The number of ether oxygens (including phenoxy) is 2. The van der Waals surface area contributed by atoms with Crippen LogP contribution < -0.4 is 10.5 Å². The van der Waals surface area contributed by atoms with Gasteiger partial charge in [-0.15, -0.1) is 0 Å². The van der Waals surface area contributed by atoms with Crippen LogP contribution in [0.2, 0.25) is 0 Å². The molecule has 100 valence electrons. The number of methoxy groups -OCH3 is 2. The number of benzene rings is 1. The maximum absolute atomic E-state index is 11.1. The minimum atomic E-state index is -0.531. The molecular weight excluding hydrogens is 298 g/mol. The van der Waals surface area contributed by atoms with Gasteiger partial charge in [0.1, 0.15) is 11.8 Å². The Balaban J connectivity index is 2.44. The molecule has 0 radical (unpaired) electrons. The van der Waals surface area contributed by atoms with Gasteiger partial charge < -0.3 is 15.2 Å². The molecule has 0 aliphatic heterocycles. The minimum absolute atomic E-state index is 0.356. The molecule has 0 aliphatic rings. The Bertz CT molecular complexity index is 409. The topological polar surface area (TPSA) is 61.5 Å². The quantitative estimate of drug-likeness (QED) is 0.818. The average Bonchev–Trinajstić information content (AvgIpc) is 2.37. The van der Waals surface area contributed by atoms with Crippen LogP contribution in [0, 0.1) is 0 Å². The number of aryl methyl sites for hydroxylation is 1. The van der Waals surface area contributed by atoms with E-state index in [0.717, 1.165) is 23.1 Å². The molecule has 0 bridgehead atoms. The maximum Gasteiger partial charge on any atom is 0.322 e. The van der Waals surface area contributed by atoms with Crippen molar-refractivity contribution in [1.29, 1.82) is 0 Å². The Hall–Kier alpha value is -1.07. The Morgan fingerprint density at radius 2 is 2.17 bits per heavy atom. The number of hydrogen-bond donors (Lipinski definition) is 1. The standard InChI is InChI=1S/C13H18BrNO3/c1-17-12-7-6-9(8-10(12)14)4-3-5-11(15)13(16)18-2/h6-8,11H,3-5,15H2,1-2H3. The predicted octanol–water partition coefficient (Wildman–Crippen LogP) is 2.28. The smallest absolute Gasteiger partial charge is 0.322 e. The second-order valence-electron chi connectivity index (χ2n) is 3.99. The van der Waals surface area contributed by atoms with Crippen LogP contribution in [0.3, 0.4) is 0 Å². The van der Waals surface area contributed by atoms with Crippen LogP contribution in [0.4, 0.5) is 0 Å². The highest BCUT2D eigenvalue weighted by Crippen LogP contribution is 2.26. The van der Waals surface area contributed by atoms with Crippen LogP contribution in [0.15, 0.2) is 22.7 Å². The molecule has 0 aliphatic carbocycles. The summed E-state index contributed by atoms with van der Waals surface area (Å²) in [6.07, 6.45) is 2.33. The van der Waals surface area contributed by atoms with Crippen molar-refractivity contribution in [1.82, 2.24) is 0 Å². The Kier molecular flexibility index (Phi) is 6.15. The fraction of sp³-hybridized carbons (Fsp3) is 0.462. The largest absolute Gasteiger partial charge is 0.496 e. The summed E-state index contributed by atoms with van der Waals surface area (Å²) in [5.41, 5.74) is 6.84. The van der Waals surface area contributed by atoms with E-state index in [-0.39, 0.29) is 5.97 Å². The van der Waals surface area contributed by atoms with Crippen LogP contribution in [-0.4, -0.2) is 26.2 Å². The number of rotatable bonds is 6. The zero-order valence-corrected chi connectivity index (χ0v) is 12.2. The van der Waals surface area contributed by atoms with Crippen molar-refractivity contribution in [3.8, 4) is 5.75 Å². The highest BCUT2D eigenvalue weighted by molar-refractivity contribution is 9.10. The Labute approximate surface area is 116 Å². The van der Waals surface area contributed by atoms with Crippen molar-refractivity contribution >= 4 is 21.9 Å². The number of hydrogen-bond acceptors (Lipinski definition) is 4. The van der Waals surface area contributed by atoms with Gasteiger partial charge >= 0.3 is 5.97 Å². The second-order valence-corrected chi connectivity index (χ2v) is 4.85. The molecule has 4 nitrogen and oxygen atoms in total. The molecule has 0 fully saturated rings. The summed E-state index contributed by atoms with van der Waals surface area (Å²) in [5.74, 6) is 0.455. The van der Waals surface area contributed by atoms with Crippen LogP contribution in [0.25, 0.3) is 0 Å². The van der Waals surface area contributed by atoms with Crippen LogP contribution in [0.5, 0.6) is 5.75 Å². The van der Waals surface area contributed by atoms with Gasteiger partial charge in [0.15, 0.2) is 0 Å². The van der Waals surface area contributed by atoms with E-state index in [0.29, 0.717) is 6.42 Å². The Morgan fingerprint density at radius 3 is 2.72 bits per heavy atom. The fourth-order valence-corrected chi connectivity index (χ4v) is 2.25. The number of nitrogens with two attached hydrogens (primary N) is 1. The van der Waals surface area contributed by atoms with Gasteiger partial charge in [-0.1, -0.05) is 6.07 Å². The van der Waals surface area contributed by atoms with E-state index in [9.17, 15) is 4.79 Å². The molecule has 0 spiro atoms. The molecule has 2 N–H and O–H groups in total. The highest BCUT2D eigenvalue weighted by Gasteiger charge is 2.12. The number of halogens is 1. The van der Waals surface area contributed by atoms with Crippen LogP contribution in [0.1, 0.15) is 18.4 Å². The van der Waals surface area contributed by atoms with Crippen LogP contribution >= 0.6 is 15.9 Å². The summed E-state index contributed by atoms with van der Waals surface area (Å²) >= 11 is 3.44. The summed E-state index contributed by atoms with van der Waals surface area (Å²) in [5, 5.41) is 0. The third-order valence-electron chi connectivity index (χ3n) is 2.70. The monoisotopic (exact) mass is 315 g/mol. The predicted molar refractivity (Wildman–Crippen MR) is 73.6 cm³/mol. The van der Waals surface area contributed by atoms with E-state index < -0.39 is 6.04 Å². The van der Waals surface area contributed by atoms with Crippen molar-refractivity contribution in [3.63, 3.8) is 0 Å². The summed E-state index contributed by atoms with van der Waals surface area (Å²) in [6, 6.07) is 5.41. The minimum Gasteiger partial charge on any atom is -0.496 e. The normalized spacial score (nSPS) is 12.0. The van der Waals surface area contributed by atoms with E-state index >= 15 is 0 Å². The SMILES string of the molecule is COC(=O)C(N)CCCc1ccc(OC)c(Br)c1. The molecule has 1 unspecified atom stereocenters.